The zero-order valence-corrected chi connectivity index (χ0v) is 6.76. The van der Waals surface area contributed by atoms with E-state index in [0.29, 0.717) is 5.41 Å². The van der Waals surface area contributed by atoms with Crippen LogP contribution in [0.3, 0.4) is 0 Å². The van der Waals surface area contributed by atoms with Crippen molar-refractivity contribution in [2.24, 2.45) is 5.41 Å². The van der Waals surface area contributed by atoms with Gasteiger partial charge in [0.05, 0.1) is 13.2 Å². The van der Waals surface area contributed by atoms with Gasteiger partial charge >= 0.3 is 0 Å². The molecule has 0 amide bonds. The lowest BCUT2D eigenvalue weighted by molar-refractivity contribution is -0.106. The maximum absolute atomic E-state index is 5.18. The van der Waals surface area contributed by atoms with Gasteiger partial charge in [-0.25, -0.2) is 0 Å². The predicted octanol–water partition coefficient (Wildman–Crippen LogP) is 0.727. The summed E-state index contributed by atoms with van der Waals surface area (Å²) in [5.74, 6) is 0. The molecule has 2 fully saturated rings. The summed E-state index contributed by atoms with van der Waals surface area (Å²) in [5.41, 5.74) is 0.491. The molecule has 0 spiro atoms. The van der Waals surface area contributed by atoms with Crippen LogP contribution < -0.4 is 0 Å². The topological polar surface area (TPSA) is 12.2 Å². The van der Waals surface area contributed by atoms with E-state index in [9.17, 15) is 0 Å². The first-order chi connectivity index (χ1) is 4.70. The summed E-state index contributed by atoms with van der Waals surface area (Å²) >= 11 is 0. The van der Waals surface area contributed by atoms with E-state index in [0.717, 1.165) is 19.3 Å². The molecular weight excluding hydrogens is 126 g/mol. The van der Waals surface area contributed by atoms with Gasteiger partial charge in [-0.3, -0.25) is 4.90 Å². The molecule has 0 N–H and O–H groups in total. The molecule has 2 saturated heterocycles. The number of rotatable bonds is 2. The summed E-state index contributed by atoms with van der Waals surface area (Å²) in [6.07, 6.45) is 0. The van der Waals surface area contributed by atoms with Gasteiger partial charge in [0.2, 0.25) is 0 Å². The highest BCUT2D eigenvalue weighted by molar-refractivity contribution is 4.93. The van der Waals surface area contributed by atoms with Crippen molar-refractivity contribution < 1.29 is 4.74 Å². The molecule has 2 rings (SSSR count). The Hall–Kier alpha value is -0.0800. The fraction of sp³-hybridized carbons (Fsp3) is 1.00. The van der Waals surface area contributed by atoms with E-state index in [-0.39, 0.29) is 0 Å². The molecular formula is C8H15NO. The Labute approximate surface area is 62.2 Å². The van der Waals surface area contributed by atoms with Crippen molar-refractivity contribution in [3.8, 4) is 0 Å². The monoisotopic (exact) mass is 141 g/mol. The normalized spacial score (nSPS) is 42.6. The van der Waals surface area contributed by atoms with E-state index < -0.39 is 0 Å². The molecule has 1 unspecified atom stereocenters. The van der Waals surface area contributed by atoms with Gasteiger partial charge in [-0.05, 0) is 6.92 Å². The van der Waals surface area contributed by atoms with Gasteiger partial charge in [0, 0.05) is 24.5 Å². The van der Waals surface area contributed by atoms with Crippen LogP contribution >= 0.6 is 0 Å². The molecule has 2 atom stereocenters. The highest BCUT2D eigenvalue weighted by atomic mass is 16.5. The van der Waals surface area contributed by atoms with Crippen molar-refractivity contribution >= 4 is 0 Å². The van der Waals surface area contributed by atoms with Gasteiger partial charge in [0.15, 0.2) is 0 Å². The Morgan fingerprint density at radius 3 is 2.50 bits per heavy atom. The fourth-order valence-corrected chi connectivity index (χ4v) is 1.54. The Morgan fingerprint density at radius 1 is 1.60 bits per heavy atom. The molecule has 0 aromatic rings. The maximum Gasteiger partial charge on any atom is 0.0554 e. The van der Waals surface area contributed by atoms with E-state index in [2.05, 4.69) is 18.7 Å². The first-order valence-corrected chi connectivity index (χ1v) is 4.01. The Morgan fingerprint density at radius 2 is 2.20 bits per heavy atom. The predicted molar refractivity (Wildman–Crippen MR) is 40.0 cm³/mol. The van der Waals surface area contributed by atoms with Crippen molar-refractivity contribution in [1.82, 2.24) is 4.90 Å². The van der Waals surface area contributed by atoms with Crippen LogP contribution in [0.15, 0.2) is 0 Å². The highest BCUT2D eigenvalue weighted by Gasteiger charge is 2.40. The maximum atomic E-state index is 5.18. The minimum Gasteiger partial charge on any atom is -0.380 e. The number of hydrogen-bond donors (Lipinski definition) is 0. The second-order valence-electron chi connectivity index (χ2n) is 4.08. The molecule has 0 radical (unpaired) electrons. The first-order valence-electron chi connectivity index (χ1n) is 4.01. The van der Waals surface area contributed by atoms with Gasteiger partial charge < -0.3 is 4.74 Å². The average molecular weight is 141 g/mol. The van der Waals surface area contributed by atoms with E-state index >= 15 is 0 Å². The van der Waals surface area contributed by atoms with Crippen LogP contribution in [0.4, 0.5) is 0 Å². The largest absolute Gasteiger partial charge is 0.380 e. The third kappa shape index (κ3) is 1.06. The molecule has 0 aliphatic carbocycles. The third-order valence-electron chi connectivity index (χ3n) is 2.47. The van der Waals surface area contributed by atoms with E-state index in [4.69, 9.17) is 4.74 Å². The lowest BCUT2D eigenvalue weighted by Gasteiger charge is -2.38. The fourth-order valence-electron chi connectivity index (χ4n) is 1.54. The minimum atomic E-state index is 0.491. The Bertz CT molecular complexity index is 142. The molecule has 10 heavy (non-hydrogen) atoms. The molecule has 2 heterocycles. The summed E-state index contributed by atoms with van der Waals surface area (Å²) in [5, 5.41) is 0. The lowest BCUT2D eigenvalue weighted by Crippen LogP contribution is -2.45. The molecule has 2 nitrogen and oxygen atoms in total. The summed E-state index contributed by atoms with van der Waals surface area (Å²) in [7, 11) is 0. The minimum absolute atomic E-state index is 0.491. The standard InChI is InChI=1S/C8H15NO/c1-7-3-9(7)4-8(2)5-10-6-8/h7H,3-6H2,1-2H3/t7-,9?/m0/s1. The molecule has 0 bridgehead atoms. The van der Waals surface area contributed by atoms with Crippen LogP contribution in [0.1, 0.15) is 13.8 Å². The van der Waals surface area contributed by atoms with Crippen LogP contribution in [-0.4, -0.2) is 37.2 Å². The van der Waals surface area contributed by atoms with E-state index in [1.165, 1.54) is 13.1 Å². The van der Waals surface area contributed by atoms with Crippen molar-refractivity contribution in [3.63, 3.8) is 0 Å². The molecule has 58 valence electrons. The van der Waals surface area contributed by atoms with Gasteiger partial charge in [-0.1, -0.05) is 6.92 Å². The second kappa shape index (κ2) is 1.95. The molecule has 2 aliphatic rings. The Kier molecular flexibility index (Phi) is 1.29. The number of hydrogen-bond acceptors (Lipinski definition) is 2. The smallest absolute Gasteiger partial charge is 0.0554 e. The lowest BCUT2D eigenvalue weighted by atomic mass is 9.89. The van der Waals surface area contributed by atoms with Gasteiger partial charge in [0.1, 0.15) is 0 Å². The number of ether oxygens (including phenoxy) is 1. The van der Waals surface area contributed by atoms with Gasteiger partial charge in [-0.2, -0.15) is 0 Å². The average Bonchev–Trinajstić information content (AvgIpc) is 2.43. The Balaban J connectivity index is 1.79. The zero-order valence-electron chi connectivity index (χ0n) is 6.76. The van der Waals surface area contributed by atoms with Crippen LogP contribution in [0.25, 0.3) is 0 Å². The molecule has 0 aromatic carbocycles. The van der Waals surface area contributed by atoms with Gasteiger partial charge in [0.25, 0.3) is 0 Å². The number of nitrogens with zero attached hydrogens (tertiary/aromatic N) is 1. The van der Waals surface area contributed by atoms with Crippen molar-refractivity contribution in [2.45, 2.75) is 19.9 Å². The molecule has 0 saturated carbocycles. The quantitative estimate of drug-likeness (QED) is 0.525. The SMILES string of the molecule is C[C@H]1CN1CC1(C)COC1. The summed E-state index contributed by atoms with van der Waals surface area (Å²) in [6.45, 7) is 9.07. The summed E-state index contributed by atoms with van der Waals surface area (Å²) in [6, 6.07) is 0.845. The third-order valence-corrected chi connectivity index (χ3v) is 2.47. The first kappa shape index (κ1) is 6.62. The summed E-state index contributed by atoms with van der Waals surface area (Å²) in [4.78, 5) is 2.50. The van der Waals surface area contributed by atoms with Crippen molar-refractivity contribution in [1.29, 1.82) is 0 Å². The van der Waals surface area contributed by atoms with Crippen LogP contribution in [0.2, 0.25) is 0 Å². The van der Waals surface area contributed by atoms with Crippen LogP contribution in [0.5, 0.6) is 0 Å². The van der Waals surface area contributed by atoms with Gasteiger partial charge in [-0.15, -0.1) is 0 Å². The van der Waals surface area contributed by atoms with Crippen molar-refractivity contribution in [2.75, 3.05) is 26.3 Å². The van der Waals surface area contributed by atoms with Crippen LogP contribution in [-0.2, 0) is 4.74 Å². The highest BCUT2D eigenvalue weighted by Crippen LogP contribution is 2.31. The van der Waals surface area contributed by atoms with Crippen molar-refractivity contribution in [3.05, 3.63) is 0 Å². The second-order valence-corrected chi connectivity index (χ2v) is 4.08. The summed E-state index contributed by atoms with van der Waals surface area (Å²) < 4.78 is 5.18. The molecule has 2 heteroatoms. The van der Waals surface area contributed by atoms with E-state index in [1.807, 2.05) is 0 Å². The molecule has 0 aromatic heterocycles. The van der Waals surface area contributed by atoms with Crippen LogP contribution in [0, 0.1) is 5.41 Å². The molecule has 2 aliphatic heterocycles. The van der Waals surface area contributed by atoms with E-state index in [1.54, 1.807) is 0 Å². The zero-order chi connectivity index (χ0) is 7.19.